The van der Waals surface area contributed by atoms with Crippen molar-refractivity contribution in [2.24, 2.45) is 0 Å². The van der Waals surface area contributed by atoms with Crippen LogP contribution in [0.2, 0.25) is 5.02 Å². The van der Waals surface area contributed by atoms with Gasteiger partial charge in [-0.1, -0.05) is 25.4 Å². The Labute approximate surface area is 156 Å². The molecule has 1 aliphatic rings. The summed E-state index contributed by atoms with van der Waals surface area (Å²) >= 11 is 5.86. The molecule has 0 saturated heterocycles. The maximum Gasteiger partial charge on any atom is 0.188 e. The number of ether oxygens (including phenoxy) is 1. The summed E-state index contributed by atoms with van der Waals surface area (Å²) in [5, 5.41) is 0.394. The second kappa shape index (κ2) is 6.82. The summed E-state index contributed by atoms with van der Waals surface area (Å²) < 4.78 is 60.2. The quantitative estimate of drug-likeness (QED) is 0.703. The number of rotatable bonds is 4. The molecule has 1 heterocycles. The molecule has 0 unspecified atom stereocenters. The minimum absolute atomic E-state index is 0.0233. The van der Waals surface area contributed by atoms with Gasteiger partial charge in [-0.3, -0.25) is 0 Å². The van der Waals surface area contributed by atoms with Crippen molar-refractivity contribution in [2.45, 2.75) is 48.9 Å². The van der Waals surface area contributed by atoms with E-state index in [0.29, 0.717) is 11.4 Å². The van der Waals surface area contributed by atoms with Crippen molar-refractivity contribution in [3.8, 4) is 5.75 Å². The van der Waals surface area contributed by atoms with Crippen molar-refractivity contribution in [3.63, 3.8) is 0 Å². The Kier molecular flexibility index (Phi) is 5.01. The van der Waals surface area contributed by atoms with E-state index in [2.05, 4.69) is 0 Å². The molecule has 0 aromatic heterocycles. The van der Waals surface area contributed by atoms with Crippen molar-refractivity contribution < 1.29 is 21.9 Å². The SMILES string of the molecule is CC[C@@H]1C[C@](CC)(S(=O)(=O)c2ccc(Cl)cc2)c2c(F)ccc(F)c2O1. The highest BCUT2D eigenvalue weighted by molar-refractivity contribution is 7.92. The first-order valence-electron chi connectivity index (χ1n) is 8.42. The van der Waals surface area contributed by atoms with Crippen LogP contribution < -0.4 is 4.74 Å². The topological polar surface area (TPSA) is 43.4 Å². The van der Waals surface area contributed by atoms with Crippen LogP contribution >= 0.6 is 11.6 Å². The van der Waals surface area contributed by atoms with Crippen LogP contribution in [0.15, 0.2) is 41.3 Å². The van der Waals surface area contributed by atoms with Gasteiger partial charge in [-0.2, -0.15) is 0 Å². The van der Waals surface area contributed by atoms with Crippen LogP contribution in [0, 0.1) is 11.6 Å². The summed E-state index contributed by atoms with van der Waals surface area (Å²) in [7, 11) is -4.03. The molecule has 2 aromatic rings. The van der Waals surface area contributed by atoms with Crippen LogP contribution in [0.1, 0.15) is 38.7 Å². The number of hydrogen-bond donors (Lipinski definition) is 0. The molecular formula is C19H19ClF2O3S. The van der Waals surface area contributed by atoms with Crippen molar-refractivity contribution in [3.05, 3.63) is 58.6 Å². The second-order valence-electron chi connectivity index (χ2n) is 6.39. The van der Waals surface area contributed by atoms with Gasteiger partial charge in [0.25, 0.3) is 0 Å². The molecule has 0 radical (unpaired) electrons. The first-order chi connectivity index (χ1) is 12.3. The van der Waals surface area contributed by atoms with E-state index in [1.807, 2.05) is 6.92 Å². The summed E-state index contributed by atoms with van der Waals surface area (Å²) in [6.07, 6.45) is 0.0948. The monoisotopic (exact) mass is 400 g/mol. The van der Waals surface area contributed by atoms with E-state index in [0.717, 1.165) is 12.1 Å². The Morgan fingerprint density at radius 1 is 1.12 bits per heavy atom. The number of fused-ring (bicyclic) bond motifs is 1. The molecule has 26 heavy (non-hydrogen) atoms. The van der Waals surface area contributed by atoms with E-state index >= 15 is 0 Å². The van der Waals surface area contributed by atoms with Crippen molar-refractivity contribution in [2.75, 3.05) is 0 Å². The lowest BCUT2D eigenvalue weighted by atomic mass is 9.85. The van der Waals surface area contributed by atoms with Crippen LogP contribution in [0.3, 0.4) is 0 Å². The fourth-order valence-corrected chi connectivity index (χ4v) is 5.89. The Morgan fingerprint density at radius 2 is 1.73 bits per heavy atom. The van der Waals surface area contributed by atoms with Crippen LogP contribution in [-0.4, -0.2) is 14.5 Å². The molecule has 0 saturated carbocycles. The molecular weight excluding hydrogens is 382 g/mol. The number of hydrogen-bond acceptors (Lipinski definition) is 3. The molecule has 2 atom stereocenters. The molecule has 0 fully saturated rings. The maximum absolute atomic E-state index is 14.7. The summed E-state index contributed by atoms with van der Waals surface area (Å²) in [5.41, 5.74) is -0.223. The van der Waals surface area contributed by atoms with Crippen LogP contribution in [0.5, 0.6) is 5.75 Å². The Bertz CT molecular complexity index is 929. The van der Waals surface area contributed by atoms with Gasteiger partial charge in [0, 0.05) is 11.4 Å². The summed E-state index contributed by atoms with van der Waals surface area (Å²) in [4.78, 5) is 0.0233. The lowest BCUT2D eigenvalue weighted by Crippen LogP contribution is -2.45. The van der Waals surface area contributed by atoms with Crippen LogP contribution in [0.4, 0.5) is 8.78 Å². The first kappa shape index (κ1) is 19.1. The molecule has 3 nitrogen and oxygen atoms in total. The molecule has 0 aliphatic carbocycles. The molecule has 3 rings (SSSR count). The van der Waals surface area contributed by atoms with E-state index in [9.17, 15) is 17.2 Å². The van der Waals surface area contributed by atoms with Gasteiger partial charge in [-0.15, -0.1) is 0 Å². The third-order valence-electron chi connectivity index (χ3n) is 5.02. The van der Waals surface area contributed by atoms with Crippen molar-refractivity contribution in [1.82, 2.24) is 0 Å². The number of sulfone groups is 1. The van der Waals surface area contributed by atoms with Crippen LogP contribution in [0.25, 0.3) is 0 Å². The first-order valence-corrected chi connectivity index (χ1v) is 10.3. The Hall–Kier alpha value is -1.66. The average molecular weight is 401 g/mol. The zero-order valence-electron chi connectivity index (χ0n) is 14.4. The second-order valence-corrected chi connectivity index (χ2v) is 9.09. The average Bonchev–Trinajstić information content (AvgIpc) is 2.64. The minimum Gasteiger partial charge on any atom is -0.487 e. The van der Waals surface area contributed by atoms with Gasteiger partial charge in [0.05, 0.1) is 10.5 Å². The van der Waals surface area contributed by atoms with Crippen molar-refractivity contribution in [1.29, 1.82) is 0 Å². The smallest absolute Gasteiger partial charge is 0.188 e. The number of halogens is 3. The molecule has 0 spiro atoms. The van der Waals surface area contributed by atoms with E-state index < -0.39 is 32.3 Å². The summed E-state index contributed by atoms with van der Waals surface area (Å²) in [6, 6.07) is 7.63. The lowest BCUT2D eigenvalue weighted by Gasteiger charge is -2.41. The van der Waals surface area contributed by atoms with E-state index in [-0.39, 0.29) is 29.1 Å². The fourth-order valence-electron chi connectivity index (χ4n) is 3.57. The standard InChI is InChI=1S/C19H19ClF2O3S/c1-3-13-11-19(4-2,17-15(21)9-10-16(22)18(17)25-13)26(23,24)14-7-5-12(20)6-8-14/h5-10,13H,3-4,11H2,1-2H3/t13-,19+/m1/s1. The van der Waals surface area contributed by atoms with Gasteiger partial charge in [0.1, 0.15) is 16.7 Å². The highest BCUT2D eigenvalue weighted by Gasteiger charge is 2.53. The molecule has 0 N–H and O–H groups in total. The van der Waals surface area contributed by atoms with E-state index in [1.54, 1.807) is 6.92 Å². The lowest BCUT2D eigenvalue weighted by molar-refractivity contribution is 0.131. The molecule has 2 aromatic carbocycles. The van der Waals surface area contributed by atoms with Gasteiger partial charge in [-0.25, -0.2) is 17.2 Å². The Balaban J connectivity index is 2.32. The third kappa shape index (κ3) is 2.79. The largest absolute Gasteiger partial charge is 0.487 e. The van der Waals surface area contributed by atoms with E-state index in [4.69, 9.17) is 16.3 Å². The molecule has 1 aliphatic heterocycles. The molecule has 0 amide bonds. The summed E-state index contributed by atoms with van der Waals surface area (Å²) in [6.45, 7) is 3.49. The van der Waals surface area contributed by atoms with Crippen LogP contribution in [-0.2, 0) is 14.6 Å². The minimum atomic E-state index is -4.03. The number of benzene rings is 2. The zero-order valence-corrected chi connectivity index (χ0v) is 16.0. The predicted molar refractivity (Wildman–Crippen MR) is 96.3 cm³/mol. The summed E-state index contributed by atoms with van der Waals surface area (Å²) in [5.74, 6) is -1.85. The van der Waals surface area contributed by atoms with E-state index in [1.165, 1.54) is 24.3 Å². The van der Waals surface area contributed by atoms with Crippen molar-refractivity contribution >= 4 is 21.4 Å². The van der Waals surface area contributed by atoms with Gasteiger partial charge in [0.2, 0.25) is 0 Å². The highest BCUT2D eigenvalue weighted by Crippen LogP contribution is 2.51. The maximum atomic E-state index is 14.7. The fraction of sp³-hybridized carbons (Fsp3) is 0.368. The molecule has 7 heteroatoms. The van der Waals surface area contributed by atoms with Gasteiger partial charge in [0.15, 0.2) is 21.4 Å². The third-order valence-corrected chi connectivity index (χ3v) is 7.85. The Morgan fingerprint density at radius 3 is 2.31 bits per heavy atom. The van der Waals surface area contributed by atoms with Gasteiger partial charge >= 0.3 is 0 Å². The highest BCUT2D eigenvalue weighted by atomic mass is 35.5. The zero-order chi connectivity index (χ0) is 19.1. The molecule has 0 bridgehead atoms. The van der Waals surface area contributed by atoms with Gasteiger partial charge in [-0.05, 0) is 49.2 Å². The normalized spacial score (nSPS) is 22.6. The molecule has 140 valence electrons. The van der Waals surface area contributed by atoms with Gasteiger partial charge < -0.3 is 4.74 Å². The predicted octanol–water partition coefficient (Wildman–Crippen LogP) is 5.26.